The number of methoxy groups -OCH3 is 1. The van der Waals surface area contributed by atoms with Crippen LogP contribution in [0.25, 0.3) is 0 Å². The number of hydrogen-bond acceptors (Lipinski definition) is 4. The number of hydrogen-bond donors (Lipinski definition) is 2. The SMILES string of the molecule is CCCC(OC1CCCC(OC)C1)C(=O)NN. The Labute approximate surface area is 103 Å². The van der Waals surface area contributed by atoms with E-state index < -0.39 is 6.10 Å². The first-order chi connectivity index (χ1) is 8.21. The van der Waals surface area contributed by atoms with Gasteiger partial charge in [-0.15, -0.1) is 0 Å². The summed E-state index contributed by atoms with van der Waals surface area (Å²) < 4.78 is 11.2. The molecule has 5 nitrogen and oxygen atoms in total. The van der Waals surface area contributed by atoms with Gasteiger partial charge in [0.05, 0.1) is 12.2 Å². The van der Waals surface area contributed by atoms with Crippen molar-refractivity contribution in [2.45, 2.75) is 63.8 Å². The molecule has 3 unspecified atom stereocenters. The molecule has 0 aromatic carbocycles. The molecular formula is C12H24N2O3. The van der Waals surface area contributed by atoms with E-state index in [9.17, 15) is 4.79 Å². The van der Waals surface area contributed by atoms with E-state index in [1.54, 1.807) is 7.11 Å². The van der Waals surface area contributed by atoms with E-state index in [1.807, 2.05) is 6.92 Å². The minimum atomic E-state index is -0.425. The Morgan fingerprint density at radius 2 is 2.18 bits per heavy atom. The summed E-state index contributed by atoms with van der Waals surface area (Å²) in [6.07, 6.45) is 5.59. The first-order valence-electron chi connectivity index (χ1n) is 6.40. The van der Waals surface area contributed by atoms with Crippen LogP contribution in [0.3, 0.4) is 0 Å². The fourth-order valence-electron chi connectivity index (χ4n) is 2.29. The molecule has 3 N–H and O–H groups in total. The van der Waals surface area contributed by atoms with Crippen molar-refractivity contribution in [1.29, 1.82) is 0 Å². The summed E-state index contributed by atoms with van der Waals surface area (Å²) in [5.41, 5.74) is 2.17. The Kier molecular flexibility index (Phi) is 6.47. The van der Waals surface area contributed by atoms with Gasteiger partial charge in [-0.05, 0) is 32.1 Å². The van der Waals surface area contributed by atoms with Gasteiger partial charge in [-0.1, -0.05) is 13.3 Å². The normalized spacial score (nSPS) is 26.5. The molecule has 0 aliphatic heterocycles. The third-order valence-corrected chi connectivity index (χ3v) is 3.25. The third kappa shape index (κ3) is 4.61. The zero-order chi connectivity index (χ0) is 12.7. The van der Waals surface area contributed by atoms with Crippen molar-refractivity contribution in [3.05, 3.63) is 0 Å². The fraction of sp³-hybridized carbons (Fsp3) is 0.917. The zero-order valence-corrected chi connectivity index (χ0v) is 10.8. The predicted molar refractivity (Wildman–Crippen MR) is 65.2 cm³/mol. The van der Waals surface area contributed by atoms with Crippen LogP contribution in [0.4, 0.5) is 0 Å². The number of nitrogens with two attached hydrogens (primary N) is 1. The lowest BCUT2D eigenvalue weighted by molar-refractivity contribution is -0.141. The zero-order valence-electron chi connectivity index (χ0n) is 10.8. The molecule has 1 saturated carbocycles. The largest absolute Gasteiger partial charge is 0.381 e. The van der Waals surface area contributed by atoms with Gasteiger partial charge in [0.2, 0.25) is 0 Å². The van der Waals surface area contributed by atoms with Crippen molar-refractivity contribution in [2.24, 2.45) is 5.84 Å². The number of amides is 1. The van der Waals surface area contributed by atoms with Crippen molar-refractivity contribution in [3.8, 4) is 0 Å². The van der Waals surface area contributed by atoms with Crippen LogP contribution in [0.15, 0.2) is 0 Å². The minimum absolute atomic E-state index is 0.113. The van der Waals surface area contributed by atoms with Crippen LogP contribution in [0, 0.1) is 0 Å². The van der Waals surface area contributed by atoms with Gasteiger partial charge in [-0.25, -0.2) is 5.84 Å². The molecule has 1 fully saturated rings. The second-order valence-corrected chi connectivity index (χ2v) is 4.57. The van der Waals surface area contributed by atoms with E-state index in [0.29, 0.717) is 6.42 Å². The molecule has 1 amide bonds. The van der Waals surface area contributed by atoms with Crippen LogP contribution in [0.5, 0.6) is 0 Å². The maximum atomic E-state index is 11.5. The lowest BCUT2D eigenvalue weighted by Gasteiger charge is -2.30. The molecule has 1 aliphatic carbocycles. The summed E-state index contributed by atoms with van der Waals surface area (Å²) in [5.74, 6) is 4.93. The van der Waals surface area contributed by atoms with Crippen molar-refractivity contribution in [1.82, 2.24) is 5.43 Å². The summed E-state index contributed by atoms with van der Waals surface area (Å²) in [5, 5.41) is 0. The lowest BCUT2D eigenvalue weighted by Crippen LogP contribution is -2.43. The summed E-state index contributed by atoms with van der Waals surface area (Å²) >= 11 is 0. The Bertz CT molecular complexity index is 236. The van der Waals surface area contributed by atoms with E-state index in [0.717, 1.165) is 32.1 Å². The van der Waals surface area contributed by atoms with Gasteiger partial charge in [-0.2, -0.15) is 0 Å². The molecule has 3 atom stereocenters. The average Bonchev–Trinajstić information content (AvgIpc) is 2.37. The second-order valence-electron chi connectivity index (χ2n) is 4.57. The first kappa shape index (κ1) is 14.4. The van der Waals surface area contributed by atoms with Crippen LogP contribution >= 0.6 is 0 Å². The van der Waals surface area contributed by atoms with Crippen molar-refractivity contribution >= 4 is 5.91 Å². The number of hydrazine groups is 1. The maximum Gasteiger partial charge on any atom is 0.262 e. The molecule has 0 bridgehead atoms. The van der Waals surface area contributed by atoms with Crippen molar-refractivity contribution in [3.63, 3.8) is 0 Å². The Morgan fingerprint density at radius 1 is 1.47 bits per heavy atom. The first-order valence-corrected chi connectivity index (χ1v) is 6.40. The molecule has 0 aromatic heterocycles. The standard InChI is InChI=1S/C12H24N2O3/c1-3-5-11(12(15)14-13)17-10-7-4-6-9(8-10)16-2/h9-11H,3-8,13H2,1-2H3,(H,14,15). The molecule has 100 valence electrons. The predicted octanol–water partition coefficient (Wildman–Crippen LogP) is 1.12. The second kappa shape index (κ2) is 7.63. The highest BCUT2D eigenvalue weighted by atomic mass is 16.5. The van der Waals surface area contributed by atoms with Gasteiger partial charge >= 0.3 is 0 Å². The van der Waals surface area contributed by atoms with Crippen LogP contribution in [-0.4, -0.2) is 31.3 Å². The summed E-state index contributed by atoms with van der Waals surface area (Å²) in [4.78, 5) is 11.5. The summed E-state index contributed by atoms with van der Waals surface area (Å²) in [7, 11) is 1.73. The molecular weight excluding hydrogens is 220 g/mol. The number of rotatable bonds is 6. The number of ether oxygens (including phenoxy) is 2. The third-order valence-electron chi connectivity index (χ3n) is 3.25. The van der Waals surface area contributed by atoms with E-state index in [1.165, 1.54) is 0 Å². The van der Waals surface area contributed by atoms with Crippen LogP contribution < -0.4 is 11.3 Å². The smallest absolute Gasteiger partial charge is 0.262 e. The average molecular weight is 244 g/mol. The summed E-state index contributed by atoms with van der Waals surface area (Å²) in [6, 6.07) is 0. The van der Waals surface area contributed by atoms with Crippen LogP contribution in [0.1, 0.15) is 45.4 Å². The van der Waals surface area contributed by atoms with Crippen LogP contribution in [0.2, 0.25) is 0 Å². The molecule has 0 spiro atoms. The number of carbonyl (C=O) groups excluding carboxylic acids is 1. The molecule has 0 heterocycles. The highest BCUT2D eigenvalue weighted by Crippen LogP contribution is 2.24. The van der Waals surface area contributed by atoms with Gasteiger partial charge in [0.15, 0.2) is 0 Å². The Morgan fingerprint density at radius 3 is 2.76 bits per heavy atom. The van der Waals surface area contributed by atoms with Crippen molar-refractivity contribution < 1.29 is 14.3 Å². The molecule has 1 aliphatic rings. The van der Waals surface area contributed by atoms with E-state index in [2.05, 4.69) is 5.43 Å². The molecule has 1 rings (SSSR count). The molecule has 0 aromatic rings. The lowest BCUT2D eigenvalue weighted by atomic mass is 9.94. The molecule has 0 radical (unpaired) electrons. The molecule has 17 heavy (non-hydrogen) atoms. The van der Waals surface area contributed by atoms with E-state index >= 15 is 0 Å². The van der Waals surface area contributed by atoms with E-state index in [4.69, 9.17) is 15.3 Å². The van der Waals surface area contributed by atoms with Gasteiger partial charge in [0.1, 0.15) is 6.10 Å². The Hall–Kier alpha value is -0.650. The number of nitrogens with one attached hydrogen (secondary N) is 1. The van der Waals surface area contributed by atoms with E-state index in [-0.39, 0.29) is 18.1 Å². The fourth-order valence-corrected chi connectivity index (χ4v) is 2.29. The van der Waals surface area contributed by atoms with Gasteiger partial charge in [0.25, 0.3) is 5.91 Å². The van der Waals surface area contributed by atoms with Crippen LogP contribution in [-0.2, 0) is 14.3 Å². The topological polar surface area (TPSA) is 73.6 Å². The Balaban J connectivity index is 2.45. The molecule has 0 saturated heterocycles. The highest BCUT2D eigenvalue weighted by molar-refractivity contribution is 5.80. The van der Waals surface area contributed by atoms with Gasteiger partial charge in [0, 0.05) is 7.11 Å². The monoisotopic (exact) mass is 244 g/mol. The minimum Gasteiger partial charge on any atom is -0.381 e. The van der Waals surface area contributed by atoms with Crippen molar-refractivity contribution in [2.75, 3.05) is 7.11 Å². The quantitative estimate of drug-likeness (QED) is 0.417. The molecule has 5 heteroatoms. The van der Waals surface area contributed by atoms with Gasteiger partial charge in [-0.3, -0.25) is 10.2 Å². The number of carbonyl (C=O) groups is 1. The summed E-state index contributed by atoms with van der Waals surface area (Å²) in [6.45, 7) is 2.03. The maximum absolute atomic E-state index is 11.5. The highest BCUT2D eigenvalue weighted by Gasteiger charge is 2.27. The van der Waals surface area contributed by atoms with Gasteiger partial charge < -0.3 is 9.47 Å².